The molecular formula is C17H22N2O2S. The van der Waals surface area contributed by atoms with E-state index in [4.69, 9.17) is 0 Å². The summed E-state index contributed by atoms with van der Waals surface area (Å²) in [4.78, 5) is 18.6. The van der Waals surface area contributed by atoms with Crippen molar-refractivity contribution in [3.63, 3.8) is 0 Å². The van der Waals surface area contributed by atoms with Crippen LogP contribution in [0.5, 0.6) is 0 Å². The molecule has 1 saturated heterocycles. The van der Waals surface area contributed by atoms with Crippen LogP contribution < -0.4 is 0 Å². The van der Waals surface area contributed by atoms with Crippen molar-refractivity contribution in [2.45, 2.75) is 44.6 Å². The Labute approximate surface area is 134 Å². The molecule has 0 radical (unpaired) electrons. The SMILES string of the molecule is O=C(CCCCc1nc2ccccc2s1)N1CCC[C@@H]1CO. The first-order chi connectivity index (χ1) is 10.8. The van der Waals surface area contributed by atoms with Crippen LogP contribution in [-0.2, 0) is 11.2 Å². The number of hydrogen-bond donors (Lipinski definition) is 1. The maximum atomic E-state index is 12.2. The molecule has 4 nitrogen and oxygen atoms in total. The number of hydrogen-bond acceptors (Lipinski definition) is 4. The zero-order chi connectivity index (χ0) is 15.4. The highest BCUT2D eigenvalue weighted by Gasteiger charge is 2.27. The summed E-state index contributed by atoms with van der Waals surface area (Å²) in [6.07, 6.45) is 5.36. The monoisotopic (exact) mass is 318 g/mol. The first-order valence-corrected chi connectivity index (χ1v) is 8.84. The highest BCUT2D eigenvalue weighted by molar-refractivity contribution is 7.18. The van der Waals surface area contributed by atoms with Crippen molar-refractivity contribution in [3.05, 3.63) is 29.3 Å². The molecule has 0 bridgehead atoms. The molecule has 1 amide bonds. The fourth-order valence-electron chi connectivity index (χ4n) is 3.08. The first-order valence-electron chi connectivity index (χ1n) is 8.02. The fraction of sp³-hybridized carbons (Fsp3) is 0.529. The van der Waals surface area contributed by atoms with Gasteiger partial charge in [-0.05, 0) is 44.2 Å². The van der Waals surface area contributed by atoms with E-state index in [1.807, 2.05) is 23.1 Å². The van der Waals surface area contributed by atoms with Crippen LogP contribution in [0.1, 0.15) is 37.1 Å². The standard InChI is InChI=1S/C17H22N2O2S/c20-12-13-6-5-11-19(13)17(21)10-4-3-9-16-18-14-7-1-2-8-15(14)22-16/h1-2,7-8,13,20H,3-6,9-12H2/t13-/m1/s1. The lowest BCUT2D eigenvalue weighted by atomic mass is 10.1. The number of rotatable bonds is 6. The van der Waals surface area contributed by atoms with Gasteiger partial charge in [-0.1, -0.05) is 12.1 Å². The molecule has 22 heavy (non-hydrogen) atoms. The van der Waals surface area contributed by atoms with Crippen LogP contribution in [-0.4, -0.2) is 40.1 Å². The predicted octanol–water partition coefficient (Wildman–Crippen LogP) is 2.99. The summed E-state index contributed by atoms with van der Waals surface area (Å²) < 4.78 is 1.23. The van der Waals surface area contributed by atoms with E-state index in [0.29, 0.717) is 6.42 Å². The minimum atomic E-state index is 0.0526. The largest absolute Gasteiger partial charge is 0.394 e. The van der Waals surface area contributed by atoms with E-state index in [2.05, 4.69) is 11.1 Å². The molecule has 0 unspecified atom stereocenters. The van der Waals surface area contributed by atoms with Crippen molar-refractivity contribution in [2.24, 2.45) is 0 Å². The number of benzene rings is 1. The molecule has 1 atom stereocenters. The Balaban J connectivity index is 1.44. The highest BCUT2D eigenvalue weighted by atomic mass is 32.1. The number of aliphatic hydroxyl groups is 1. The number of carbonyl (C=O) groups excluding carboxylic acids is 1. The number of likely N-dealkylation sites (tertiary alicyclic amines) is 1. The van der Waals surface area contributed by atoms with Crippen LogP contribution in [0.4, 0.5) is 0 Å². The average Bonchev–Trinajstić information content (AvgIpc) is 3.16. The molecule has 1 aliphatic heterocycles. The van der Waals surface area contributed by atoms with Gasteiger partial charge in [-0.2, -0.15) is 0 Å². The number of aromatic nitrogens is 1. The summed E-state index contributed by atoms with van der Waals surface area (Å²) >= 11 is 1.75. The summed E-state index contributed by atoms with van der Waals surface area (Å²) in [7, 11) is 0. The normalized spacial score (nSPS) is 18.2. The van der Waals surface area contributed by atoms with Gasteiger partial charge >= 0.3 is 0 Å². The molecule has 1 aromatic carbocycles. The zero-order valence-corrected chi connectivity index (χ0v) is 13.5. The molecule has 2 aromatic rings. The van der Waals surface area contributed by atoms with Crippen molar-refractivity contribution in [3.8, 4) is 0 Å². The van der Waals surface area contributed by atoms with E-state index < -0.39 is 0 Å². The van der Waals surface area contributed by atoms with Gasteiger partial charge in [0.2, 0.25) is 5.91 Å². The third-order valence-electron chi connectivity index (χ3n) is 4.28. The molecule has 1 aromatic heterocycles. The molecule has 1 aliphatic rings. The number of thiazole rings is 1. The Morgan fingerprint density at radius 2 is 2.23 bits per heavy atom. The van der Waals surface area contributed by atoms with E-state index in [0.717, 1.165) is 49.2 Å². The molecule has 2 heterocycles. The number of unbranched alkanes of at least 4 members (excludes halogenated alkanes) is 1. The molecule has 5 heteroatoms. The van der Waals surface area contributed by atoms with Crippen LogP contribution in [0.3, 0.4) is 0 Å². The van der Waals surface area contributed by atoms with Crippen molar-refractivity contribution in [1.82, 2.24) is 9.88 Å². The van der Waals surface area contributed by atoms with Crippen LogP contribution in [0.2, 0.25) is 0 Å². The van der Waals surface area contributed by atoms with Crippen LogP contribution in [0.25, 0.3) is 10.2 Å². The minimum absolute atomic E-state index is 0.0526. The van der Waals surface area contributed by atoms with Gasteiger partial charge in [0.1, 0.15) is 0 Å². The number of nitrogens with zero attached hydrogens (tertiary/aromatic N) is 2. The number of carbonyl (C=O) groups is 1. The number of amides is 1. The second-order valence-corrected chi connectivity index (χ2v) is 6.96. The average molecular weight is 318 g/mol. The van der Waals surface area contributed by atoms with E-state index >= 15 is 0 Å². The smallest absolute Gasteiger partial charge is 0.222 e. The van der Waals surface area contributed by atoms with Gasteiger partial charge in [0.05, 0.1) is 27.9 Å². The molecule has 1 N–H and O–H groups in total. The Morgan fingerprint density at radius 1 is 1.36 bits per heavy atom. The predicted molar refractivity (Wildman–Crippen MR) is 89.0 cm³/mol. The molecule has 118 valence electrons. The molecular weight excluding hydrogens is 296 g/mol. The lowest BCUT2D eigenvalue weighted by Crippen LogP contribution is -2.37. The van der Waals surface area contributed by atoms with E-state index in [1.54, 1.807) is 11.3 Å². The Morgan fingerprint density at radius 3 is 3.05 bits per heavy atom. The zero-order valence-electron chi connectivity index (χ0n) is 12.7. The molecule has 0 spiro atoms. The van der Waals surface area contributed by atoms with Crippen molar-refractivity contribution >= 4 is 27.5 Å². The molecule has 0 saturated carbocycles. The van der Waals surface area contributed by atoms with Gasteiger partial charge in [-0.3, -0.25) is 4.79 Å². The fourth-order valence-corrected chi connectivity index (χ4v) is 4.09. The molecule has 3 rings (SSSR count). The summed E-state index contributed by atoms with van der Waals surface area (Å²) in [5, 5.41) is 10.4. The molecule has 0 aliphatic carbocycles. The number of para-hydroxylation sites is 1. The second kappa shape index (κ2) is 7.20. The van der Waals surface area contributed by atoms with Gasteiger partial charge in [-0.25, -0.2) is 4.98 Å². The topological polar surface area (TPSA) is 53.4 Å². The first kappa shape index (κ1) is 15.4. The summed E-state index contributed by atoms with van der Waals surface area (Å²) in [6, 6.07) is 8.25. The number of fused-ring (bicyclic) bond motifs is 1. The molecule has 1 fully saturated rings. The number of aliphatic hydroxyl groups excluding tert-OH is 1. The van der Waals surface area contributed by atoms with E-state index in [1.165, 1.54) is 4.70 Å². The second-order valence-electron chi connectivity index (χ2n) is 5.85. The quantitative estimate of drug-likeness (QED) is 0.833. The summed E-state index contributed by atoms with van der Waals surface area (Å²) in [5.74, 6) is 0.195. The summed E-state index contributed by atoms with van der Waals surface area (Å²) in [5.41, 5.74) is 1.07. The summed E-state index contributed by atoms with van der Waals surface area (Å²) in [6.45, 7) is 0.902. The van der Waals surface area contributed by atoms with Gasteiger partial charge in [0.25, 0.3) is 0 Å². The number of aryl methyl sites for hydroxylation is 1. The highest BCUT2D eigenvalue weighted by Crippen LogP contribution is 2.23. The minimum Gasteiger partial charge on any atom is -0.394 e. The van der Waals surface area contributed by atoms with Crippen LogP contribution in [0, 0.1) is 0 Å². The van der Waals surface area contributed by atoms with Crippen molar-refractivity contribution in [1.29, 1.82) is 0 Å². The Kier molecular flexibility index (Phi) is 5.05. The Hall–Kier alpha value is -1.46. The Bertz CT molecular complexity index is 607. The third-order valence-corrected chi connectivity index (χ3v) is 5.37. The third kappa shape index (κ3) is 3.47. The van der Waals surface area contributed by atoms with E-state index in [-0.39, 0.29) is 18.6 Å². The lowest BCUT2D eigenvalue weighted by molar-refractivity contribution is -0.132. The van der Waals surface area contributed by atoms with Gasteiger partial charge < -0.3 is 10.0 Å². The van der Waals surface area contributed by atoms with Crippen LogP contribution in [0.15, 0.2) is 24.3 Å². The lowest BCUT2D eigenvalue weighted by Gasteiger charge is -2.22. The van der Waals surface area contributed by atoms with Crippen molar-refractivity contribution in [2.75, 3.05) is 13.2 Å². The maximum Gasteiger partial charge on any atom is 0.222 e. The van der Waals surface area contributed by atoms with Crippen molar-refractivity contribution < 1.29 is 9.90 Å². The van der Waals surface area contributed by atoms with Crippen LogP contribution >= 0.6 is 11.3 Å². The van der Waals surface area contributed by atoms with E-state index in [9.17, 15) is 9.90 Å². The maximum absolute atomic E-state index is 12.2. The van der Waals surface area contributed by atoms with Gasteiger partial charge in [0.15, 0.2) is 0 Å². The van der Waals surface area contributed by atoms with Gasteiger partial charge in [0, 0.05) is 13.0 Å². The van der Waals surface area contributed by atoms with Gasteiger partial charge in [-0.15, -0.1) is 11.3 Å².